The highest BCUT2D eigenvalue weighted by Gasteiger charge is 2.46. The molecule has 2 heterocycles. The molecule has 2 aromatic carbocycles. The summed E-state index contributed by atoms with van der Waals surface area (Å²) in [5.74, 6) is 0.0341. The first-order valence-corrected chi connectivity index (χ1v) is 17.5. The summed E-state index contributed by atoms with van der Waals surface area (Å²) in [5, 5.41) is 5.41. The fourth-order valence-electron chi connectivity index (χ4n) is 6.38. The molecule has 3 fully saturated rings. The van der Waals surface area contributed by atoms with Gasteiger partial charge in [0.1, 0.15) is 17.6 Å². The predicted molar refractivity (Wildman–Crippen MR) is 170 cm³/mol. The van der Waals surface area contributed by atoms with E-state index in [4.69, 9.17) is 37.2 Å². The third kappa shape index (κ3) is 7.16. The van der Waals surface area contributed by atoms with Crippen molar-refractivity contribution in [3.05, 3.63) is 69.4 Å². The Hall–Kier alpha value is -3.12. The number of amides is 1. The Labute approximate surface area is 272 Å². The van der Waals surface area contributed by atoms with Crippen LogP contribution < -0.4 is 9.62 Å². The van der Waals surface area contributed by atoms with Crippen LogP contribution in [0.1, 0.15) is 73.6 Å². The van der Waals surface area contributed by atoms with Gasteiger partial charge in [0.15, 0.2) is 0 Å². The summed E-state index contributed by atoms with van der Waals surface area (Å²) < 4.78 is 44.2. The van der Waals surface area contributed by atoms with Gasteiger partial charge in [-0.2, -0.15) is 0 Å². The van der Waals surface area contributed by atoms with Gasteiger partial charge in [0.05, 0.1) is 28.5 Å². The first-order valence-electron chi connectivity index (χ1n) is 15.1. The standard InChI is InChI=1S/C32H35Cl2N3O7S/c1-18(43-19(2)38)12-13-45(40,41)36-32(39)21-8-10-23(11-9-21)37-16-22-14-24(37)15-28(22)42-17-25-30(35-44-31(25)20-6-7-20)29-26(33)4-3-5-27(29)34/h3-5,8-11,18,20,22,24,28H,6-7,12-17H2,1-2H3,(H,36,39)/t18?,22-,24-,28+/m0/s1. The van der Waals surface area contributed by atoms with Crippen LogP contribution in [0.15, 0.2) is 47.0 Å². The SMILES string of the molecule is CC(=O)OC(C)CCS(=O)(=O)NC(=O)c1ccc(N2C[C@@H]3C[C@H]2C[C@H]3OCc2c(-c3c(Cl)cccc3Cl)noc2C2CC2)cc1. The number of carbonyl (C=O) groups excluding carboxylic acids is 2. The number of aromatic nitrogens is 1. The lowest BCUT2D eigenvalue weighted by molar-refractivity contribution is -0.145. The van der Waals surface area contributed by atoms with Crippen molar-refractivity contribution in [3.8, 4) is 11.3 Å². The van der Waals surface area contributed by atoms with E-state index in [2.05, 4.69) is 14.8 Å². The summed E-state index contributed by atoms with van der Waals surface area (Å²) in [4.78, 5) is 26.0. The van der Waals surface area contributed by atoms with Gasteiger partial charge in [-0.1, -0.05) is 34.4 Å². The molecule has 1 aromatic heterocycles. The molecule has 10 nitrogen and oxygen atoms in total. The number of esters is 1. The second kappa shape index (κ2) is 12.9. The van der Waals surface area contributed by atoms with Gasteiger partial charge in [-0.3, -0.25) is 9.59 Å². The number of hydrogen-bond acceptors (Lipinski definition) is 9. The van der Waals surface area contributed by atoms with Gasteiger partial charge in [0, 0.05) is 53.7 Å². The zero-order valence-electron chi connectivity index (χ0n) is 25.0. The molecule has 1 unspecified atom stereocenters. The molecule has 1 saturated heterocycles. The number of benzene rings is 2. The Bertz CT molecular complexity index is 1670. The van der Waals surface area contributed by atoms with Crippen LogP contribution in [-0.4, -0.2) is 56.0 Å². The molecule has 0 radical (unpaired) electrons. The topological polar surface area (TPSA) is 128 Å². The molecule has 13 heteroatoms. The maximum atomic E-state index is 12.6. The number of ether oxygens (including phenoxy) is 2. The van der Waals surface area contributed by atoms with Crippen molar-refractivity contribution in [3.63, 3.8) is 0 Å². The molecule has 2 bridgehead atoms. The van der Waals surface area contributed by atoms with Gasteiger partial charge in [-0.25, -0.2) is 13.1 Å². The predicted octanol–water partition coefficient (Wildman–Crippen LogP) is 6.11. The highest BCUT2D eigenvalue weighted by molar-refractivity contribution is 7.90. The lowest BCUT2D eigenvalue weighted by atomic mass is 10.0. The number of piperidine rings is 1. The molecule has 240 valence electrons. The van der Waals surface area contributed by atoms with Crippen molar-refractivity contribution in [2.45, 2.75) is 76.7 Å². The van der Waals surface area contributed by atoms with Crippen LogP contribution >= 0.6 is 23.2 Å². The number of hydrogen-bond donors (Lipinski definition) is 1. The average molecular weight is 677 g/mol. The maximum absolute atomic E-state index is 12.6. The molecule has 1 amide bonds. The normalized spacial score (nSPS) is 21.6. The minimum atomic E-state index is -3.89. The van der Waals surface area contributed by atoms with Crippen molar-refractivity contribution in [2.24, 2.45) is 5.92 Å². The van der Waals surface area contributed by atoms with E-state index in [9.17, 15) is 18.0 Å². The van der Waals surface area contributed by atoms with E-state index in [0.29, 0.717) is 45.8 Å². The molecule has 4 atom stereocenters. The van der Waals surface area contributed by atoms with Gasteiger partial charge in [0.25, 0.3) is 5.91 Å². The Morgan fingerprint density at radius 1 is 1.11 bits per heavy atom. The van der Waals surface area contributed by atoms with Crippen molar-refractivity contribution in [1.82, 2.24) is 9.88 Å². The summed E-state index contributed by atoms with van der Waals surface area (Å²) in [6, 6.07) is 12.6. The van der Waals surface area contributed by atoms with Gasteiger partial charge in [0.2, 0.25) is 10.0 Å². The lowest BCUT2D eigenvalue weighted by Crippen LogP contribution is -2.38. The molecule has 45 heavy (non-hydrogen) atoms. The van der Waals surface area contributed by atoms with Crippen LogP contribution in [0, 0.1) is 5.92 Å². The van der Waals surface area contributed by atoms with Crippen LogP contribution in [0.2, 0.25) is 10.0 Å². The van der Waals surface area contributed by atoms with Crippen molar-refractivity contribution in [1.29, 1.82) is 0 Å². The molecule has 1 aliphatic heterocycles. The van der Waals surface area contributed by atoms with Crippen LogP contribution in [0.5, 0.6) is 0 Å². The fourth-order valence-corrected chi connectivity index (χ4v) is 8.11. The Kier molecular flexibility index (Phi) is 9.16. The summed E-state index contributed by atoms with van der Waals surface area (Å²) in [7, 11) is -3.89. The van der Waals surface area contributed by atoms with Crippen molar-refractivity contribution < 1.29 is 32.0 Å². The zero-order valence-corrected chi connectivity index (χ0v) is 27.3. The highest BCUT2D eigenvalue weighted by Crippen LogP contribution is 2.47. The molecule has 1 N–H and O–H groups in total. The first kappa shape index (κ1) is 31.8. The number of carbonyl (C=O) groups is 2. The number of fused-ring (bicyclic) bond motifs is 2. The second-order valence-corrected chi connectivity index (χ2v) is 14.8. The minimum absolute atomic E-state index is 0.0842. The number of nitrogens with one attached hydrogen (secondary N) is 1. The van der Waals surface area contributed by atoms with Gasteiger partial charge < -0.3 is 18.9 Å². The molecule has 2 saturated carbocycles. The smallest absolute Gasteiger partial charge is 0.302 e. The summed E-state index contributed by atoms with van der Waals surface area (Å²) in [5.41, 5.74) is 3.45. The quantitative estimate of drug-likeness (QED) is 0.226. The molecular formula is C32H35Cl2N3O7S. The molecular weight excluding hydrogens is 641 g/mol. The van der Waals surface area contributed by atoms with Crippen molar-refractivity contribution >= 4 is 50.8 Å². The highest BCUT2D eigenvalue weighted by atomic mass is 35.5. The zero-order chi connectivity index (χ0) is 31.9. The maximum Gasteiger partial charge on any atom is 0.302 e. The van der Waals surface area contributed by atoms with Gasteiger partial charge in [-0.15, -0.1) is 0 Å². The molecule has 3 aliphatic rings. The number of rotatable bonds is 12. The molecule has 2 aliphatic carbocycles. The Morgan fingerprint density at radius 3 is 2.44 bits per heavy atom. The fraction of sp³-hybridized carbons (Fsp3) is 0.469. The minimum Gasteiger partial charge on any atom is -0.463 e. The van der Waals surface area contributed by atoms with E-state index in [0.717, 1.165) is 49.2 Å². The lowest BCUT2D eigenvalue weighted by Gasteiger charge is -2.33. The molecule has 6 rings (SSSR count). The van der Waals surface area contributed by atoms with E-state index < -0.39 is 28.0 Å². The number of anilines is 1. The second-order valence-electron chi connectivity index (χ2n) is 12.1. The third-order valence-electron chi connectivity index (χ3n) is 8.75. The average Bonchev–Trinajstić information content (AvgIpc) is 3.44. The molecule has 0 spiro atoms. The monoisotopic (exact) mass is 675 g/mol. The van der Waals surface area contributed by atoms with Crippen LogP contribution in [0.25, 0.3) is 11.3 Å². The Balaban J connectivity index is 1.05. The van der Waals surface area contributed by atoms with Crippen LogP contribution in [0.4, 0.5) is 5.69 Å². The number of nitrogens with zero attached hydrogens (tertiary/aromatic N) is 2. The number of sulfonamides is 1. The largest absolute Gasteiger partial charge is 0.463 e. The third-order valence-corrected chi connectivity index (χ3v) is 10.7. The van der Waals surface area contributed by atoms with E-state index in [-0.39, 0.29) is 23.8 Å². The van der Waals surface area contributed by atoms with E-state index in [1.165, 1.54) is 6.92 Å². The van der Waals surface area contributed by atoms with E-state index in [1.807, 2.05) is 12.1 Å². The Morgan fingerprint density at radius 2 is 1.82 bits per heavy atom. The summed E-state index contributed by atoms with van der Waals surface area (Å²) in [6.45, 7) is 4.05. The van der Waals surface area contributed by atoms with E-state index >= 15 is 0 Å². The summed E-state index contributed by atoms with van der Waals surface area (Å²) in [6.07, 6.45) is 3.59. The number of halogens is 2. The van der Waals surface area contributed by atoms with Gasteiger partial charge >= 0.3 is 5.97 Å². The van der Waals surface area contributed by atoms with Crippen molar-refractivity contribution in [2.75, 3.05) is 17.2 Å². The van der Waals surface area contributed by atoms with E-state index in [1.54, 1.807) is 37.3 Å². The molecule has 3 aromatic rings. The van der Waals surface area contributed by atoms with Crippen LogP contribution in [0.3, 0.4) is 0 Å². The summed E-state index contributed by atoms with van der Waals surface area (Å²) >= 11 is 13.0. The first-order chi connectivity index (χ1) is 21.5. The van der Waals surface area contributed by atoms with Gasteiger partial charge in [-0.05, 0) is 75.4 Å². The van der Waals surface area contributed by atoms with Crippen LogP contribution in [-0.2, 0) is 30.9 Å².